The lowest BCUT2D eigenvalue weighted by molar-refractivity contribution is -0.141. The fourth-order valence-electron chi connectivity index (χ4n) is 3.18. The lowest BCUT2D eigenvalue weighted by Crippen LogP contribution is -2.50. The van der Waals surface area contributed by atoms with E-state index in [4.69, 9.17) is 11.6 Å². The Morgan fingerprint density at radius 2 is 1.64 bits per heavy atom. The van der Waals surface area contributed by atoms with Crippen molar-refractivity contribution in [2.45, 2.75) is 59.2 Å². The minimum absolute atomic E-state index is 0.00943. The number of amides is 2. The molecule has 4 nitrogen and oxygen atoms in total. The molecule has 0 saturated carbocycles. The van der Waals surface area contributed by atoms with Gasteiger partial charge in [-0.2, -0.15) is 0 Å². The quantitative estimate of drug-likeness (QED) is 0.708. The number of hydrogen-bond donors (Lipinski definition) is 1. The molecule has 28 heavy (non-hydrogen) atoms. The molecule has 0 aromatic heterocycles. The zero-order chi connectivity index (χ0) is 20.7. The molecule has 1 N–H and O–H groups in total. The van der Waals surface area contributed by atoms with Gasteiger partial charge in [0.15, 0.2) is 0 Å². The highest BCUT2D eigenvalue weighted by molar-refractivity contribution is 6.31. The largest absolute Gasteiger partial charge is 0.352 e. The molecule has 5 heteroatoms. The summed E-state index contributed by atoms with van der Waals surface area (Å²) in [6, 6.07) is 14.7. The topological polar surface area (TPSA) is 49.4 Å². The number of rotatable bonds is 8. The monoisotopic (exact) mass is 400 g/mol. The van der Waals surface area contributed by atoms with Crippen molar-refractivity contribution in [3.63, 3.8) is 0 Å². The van der Waals surface area contributed by atoms with Crippen molar-refractivity contribution in [3.05, 3.63) is 70.2 Å². The third-order valence-corrected chi connectivity index (χ3v) is 5.09. The summed E-state index contributed by atoms with van der Waals surface area (Å²) in [5.74, 6) is -0.220. The van der Waals surface area contributed by atoms with Crippen LogP contribution in [0.25, 0.3) is 0 Å². The van der Waals surface area contributed by atoms with Crippen LogP contribution in [0, 0.1) is 6.92 Å². The van der Waals surface area contributed by atoms with Crippen LogP contribution in [-0.2, 0) is 22.6 Å². The van der Waals surface area contributed by atoms with Crippen molar-refractivity contribution in [1.82, 2.24) is 10.2 Å². The summed E-state index contributed by atoms with van der Waals surface area (Å²) in [4.78, 5) is 27.7. The van der Waals surface area contributed by atoms with Crippen LogP contribution in [0.2, 0.25) is 5.02 Å². The highest BCUT2D eigenvalue weighted by Crippen LogP contribution is 2.21. The van der Waals surface area contributed by atoms with Gasteiger partial charge in [0.05, 0.1) is 6.42 Å². The van der Waals surface area contributed by atoms with Gasteiger partial charge in [-0.25, -0.2) is 0 Å². The first-order chi connectivity index (χ1) is 13.3. The normalized spacial score (nSPS) is 11.9. The molecule has 0 unspecified atom stereocenters. The van der Waals surface area contributed by atoms with E-state index >= 15 is 0 Å². The van der Waals surface area contributed by atoms with Gasteiger partial charge < -0.3 is 10.2 Å². The Labute approximate surface area is 172 Å². The first-order valence-corrected chi connectivity index (χ1v) is 10.1. The standard InChI is InChI=1S/C23H29ClN2O2/c1-5-21(23(28)25-16(2)3)26(15-19-12-8-9-13-20(19)24)22(27)14-18-11-7-6-10-17(18)4/h6-13,16,21H,5,14-15H2,1-4H3,(H,25,28)/t21-/m0/s1. The fraction of sp³-hybridized carbons (Fsp3) is 0.391. The molecule has 0 radical (unpaired) electrons. The number of aryl methyl sites for hydroxylation is 1. The zero-order valence-corrected chi connectivity index (χ0v) is 17.8. The third kappa shape index (κ3) is 5.83. The van der Waals surface area contributed by atoms with Gasteiger partial charge >= 0.3 is 0 Å². The number of nitrogens with one attached hydrogen (secondary N) is 1. The van der Waals surface area contributed by atoms with E-state index in [-0.39, 0.29) is 24.3 Å². The average molecular weight is 401 g/mol. The summed E-state index contributed by atoms with van der Waals surface area (Å²) in [5, 5.41) is 3.53. The number of halogens is 1. The van der Waals surface area contributed by atoms with Gasteiger partial charge in [0, 0.05) is 17.6 Å². The summed E-state index contributed by atoms with van der Waals surface area (Å²) >= 11 is 6.33. The smallest absolute Gasteiger partial charge is 0.243 e. The Morgan fingerprint density at radius 3 is 2.21 bits per heavy atom. The van der Waals surface area contributed by atoms with Crippen molar-refractivity contribution in [2.24, 2.45) is 0 Å². The van der Waals surface area contributed by atoms with Crippen LogP contribution in [0.3, 0.4) is 0 Å². The van der Waals surface area contributed by atoms with Crippen molar-refractivity contribution in [1.29, 1.82) is 0 Å². The van der Waals surface area contributed by atoms with Crippen LogP contribution >= 0.6 is 11.6 Å². The summed E-state index contributed by atoms with van der Waals surface area (Å²) in [6.45, 7) is 8.04. The molecule has 0 aliphatic carbocycles. The van der Waals surface area contributed by atoms with Gasteiger partial charge in [-0.3, -0.25) is 9.59 Å². The van der Waals surface area contributed by atoms with E-state index in [0.29, 0.717) is 18.0 Å². The minimum atomic E-state index is -0.546. The maximum Gasteiger partial charge on any atom is 0.243 e. The third-order valence-electron chi connectivity index (χ3n) is 4.72. The van der Waals surface area contributed by atoms with Crippen LogP contribution in [0.4, 0.5) is 0 Å². The molecule has 0 bridgehead atoms. The van der Waals surface area contributed by atoms with Gasteiger partial charge in [-0.1, -0.05) is 61.0 Å². The second-order valence-electron chi connectivity index (χ2n) is 7.30. The molecule has 2 amide bonds. The predicted molar refractivity (Wildman–Crippen MR) is 114 cm³/mol. The maximum atomic E-state index is 13.3. The lowest BCUT2D eigenvalue weighted by Gasteiger charge is -2.31. The highest BCUT2D eigenvalue weighted by atomic mass is 35.5. The van der Waals surface area contributed by atoms with Gasteiger partial charge in [-0.05, 0) is 49.9 Å². The summed E-state index contributed by atoms with van der Waals surface area (Å²) in [5.41, 5.74) is 2.86. The van der Waals surface area contributed by atoms with Crippen molar-refractivity contribution in [2.75, 3.05) is 0 Å². The number of hydrogen-bond acceptors (Lipinski definition) is 2. The van der Waals surface area contributed by atoms with E-state index in [1.54, 1.807) is 11.0 Å². The molecule has 0 saturated heterocycles. The Bertz CT molecular complexity index is 820. The molecule has 150 valence electrons. The second-order valence-corrected chi connectivity index (χ2v) is 7.71. The molecule has 2 aromatic rings. The van der Waals surface area contributed by atoms with Gasteiger partial charge in [0.2, 0.25) is 11.8 Å². The van der Waals surface area contributed by atoms with E-state index in [2.05, 4.69) is 5.32 Å². The number of carbonyl (C=O) groups excluding carboxylic acids is 2. The number of benzene rings is 2. The predicted octanol–water partition coefficient (Wildman–Crippen LogP) is 4.52. The van der Waals surface area contributed by atoms with Crippen molar-refractivity contribution >= 4 is 23.4 Å². The summed E-state index contributed by atoms with van der Waals surface area (Å²) < 4.78 is 0. The Hall–Kier alpha value is -2.33. The first kappa shape index (κ1) is 22.0. The van der Waals surface area contributed by atoms with Crippen LogP contribution < -0.4 is 5.32 Å². The molecular weight excluding hydrogens is 372 g/mol. The van der Waals surface area contributed by atoms with Crippen LogP contribution in [0.1, 0.15) is 43.9 Å². The average Bonchev–Trinajstić information content (AvgIpc) is 2.64. The molecule has 0 aliphatic rings. The van der Waals surface area contributed by atoms with E-state index < -0.39 is 6.04 Å². The van der Waals surface area contributed by atoms with E-state index in [9.17, 15) is 9.59 Å². The molecular formula is C23H29ClN2O2. The Balaban J connectivity index is 2.33. The fourth-order valence-corrected chi connectivity index (χ4v) is 3.38. The van der Waals surface area contributed by atoms with Crippen LogP contribution in [0.15, 0.2) is 48.5 Å². The van der Waals surface area contributed by atoms with Gasteiger partial charge in [-0.15, -0.1) is 0 Å². The van der Waals surface area contributed by atoms with Crippen LogP contribution in [-0.4, -0.2) is 28.8 Å². The molecule has 0 fully saturated rings. The Morgan fingerprint density at radius 1 is 1.04 bits per heavy atom. The number of nitrogens with zero attached hydrogens (tertiary/aromatic N) is 1. The molecule has 2 rings (SSSR count). The van der Waals surface area contributed by atoms with Gasteiger partial charge in [0.1, 0.15) is 6.04 Å². The van der Waals surface area contributed by atoms with Crippen LogP contribution in [0.5, 0.6) is 0 Å². The SMILES string of the molecule is CC[C@@H](C(=O)NC(C)C)N(Cc1ccccc1Cl)C(=O)Cc1ccccc1C. The molecule has 0 heterocycles. The summed E-state index contributed by atoms with van der Waals surface area (Å²) in [6.07, 6.45) is 0.783. The molecule has 0 spiro atoms. The van der Waals surface area contributed by atoms with Crippen molar-refractivity contribution in [3.8, 4) is 0 Å². The summed E-state index contributed by atoms with van der Waals surface area (Å²) in [7, 11) is 0. The lowest BCUT2D eigenvalue weighted by atomic mass is 10.0. The molecule has 0 aliphatic heterocycles. The zero-order valence-electron chi connectivity index (χ0n) is 17.0. The van der Waals surface area contributed by atoms with Gasteiger partial charge in [0.25, 0.3) is 0 Å². The van der Waals surface area contributed by atoms with E-state index in [1.807, 2.05) is 70.2 Å². The second kappa shape index (κ2) is 10.3. The maximum absolute atomic E-state index is 13.3. The van der Waals surface area contributed by atoms with E-state index in [1.165, 1.54) is 0 Å². The molecule has 1 atom stereocenters. The minimum Gasteiger partial charge on any atom is -0.352 e. The van der Waals surface area contributed by atoms with E-state index in [0.717, 1.165) is 16.7 Å². The highest BCUT2D eigenvalue weighted by Gasteiger charge is 2.29. The number of carbonyl (C=O) groups is 2. The first-order valence-electron chi connectivity index (χ1n) is 9.71. The molecule has 2 aromatic carbocycles. The Kier molecular flexibility index (Phi) is 8.06. The van der Waals surface area contributed by atoms with Crippen molar-refractivity contribution < 1.29 is 9.59 Å².